The van der Waals surface area contributed by atoms with Gasteiger partial charge in [-0.2, -0.15) is 0 Å². The summed E-state index contributed by atoms with van der Waals surface area (Å²) < 4.78 is 0.0432. The fourth-order valence-electron chi connectivity index (χ4n) is 2.67. The molecule has 144 valence electrons. The van der Waals surface area contributed by atoms with Gasteiger partial charge in [0.05, 0.1) is 38.7 Å². The van der Waals surface area contributed by atoms with E-state index >= 15 is 0 Å². The summed E-state index contributed by atoms with van der Waals surface area (Å²) >= 11 is 0. The molecule has 7 heteroatoms. The van der Waals surface area contributed by atoms with Crippen LogP contribution in [0.5, 0.6) is 0 Å². The van der Waals surface area contributed by atoms with Gasteiger partial charge in [-0.1, -0.05) is 32.6 Å². The maximum absolute atomic E-state index is 10.9. The van der Waals surface area contributed by atoms with E-state index in [1.807, 2.05) is 6.08 Å². The van der Waals surface area contributed by atoms with E-state index in [-0.39, 0.29) is 43.4 Å². The van der Waals surface area contributed by atoms with Crippen LogP contribution in [-0.2, 0) is 14.4 Å². The molecule has 0 atom stereocenters. The predicted molar refractivity (Wildman–Crippen MR) is 91.5 cm³/mol. The Morgan fingerprint density at radius 1 is 0.880 bits per heavy atom. The highest BCUT2D eigenvalue weighted by Crippen LogP contribution is 2.15. The average Bonchev–Trinajstić information content (AvgIpc) is 2.54. The van der Waals surface area contributed by atoms with Gasteiger partial charge in [0.1, 0.15) is 0 Å². The van der Waals surface area contributed by atoms with Gasteiger partial charge in [-0.25, -0.2) is 0 Å². The number of rotatable bonds is 16. The number of hydrogen-bond acceptors (Lipinski definition) is 4. The number of quaternary nitrogens is 1. The Morgan fingerprint density at radius 3 is 1.88 bits per heavy atom. The second-order valence-corrected chi connectivity index (χ2v) is 6.39. The first-order valence-electron chi connectivity index (χ1n) is 8.98. The summed E-state index contributed by atoms with van der Waals surface area (Å²) in [6.07, 6.45) is 9.66. The van der Waals surface area contributed by atoms with Gasteiger partial charge in [-0.3, -0.25) is 14.1 Å². The molecule has 0 saturated heterocycles. The van der Waals surface area contributed by atoms with Gasteiger partial charge in [-0.05, 0) is 18.9 Å². The Kier molecular flexibility index (Phi) is 12.4. The predicted octanol–water partition coefficient (Wildman–Crippen LogP) is 1.77. The minimum atomic E-state index is -1.22. The maximum atomic E-state index is 10.9. The highest BCUT2D eigenvalue weighted by molar-refractivity contribution is 5.67. The van der Waals surface area contributed by atoms with Crippen LogP contribution in [0.4, 0.5) is 0 Å². The Bertz CT molecular complexity index is 401. The fourth-order valence-corrected chi connectivity index (χ4v) is 2.67. The van der Waals surface area contributed by atoms with Crippen molar-refractivity contribution in [3.05, 3.63) is 12.3 Å². The molecule has 0 rings (SSSR count). The zero-order valence-electron chi connectivity index (χ0n) is 15.1. The van der Waals surface area contributed by atoms with Crippen LogP contribution in [0.1, 0.15) is 64.7 Å². The van der Waals surface area contributed by atoms with Crippen LogP contribution in [-0.4, -0.2) is 52.2 Å². The summed E-state index contributed by atoms with van der Waals surface area (Å²) in [5.41, 5.74) is 0. The molecule has 25 heavy (non-hydrogen) atoms. The lowest BCUT2D eigenvalue weighted by atomic mass is 10.1. The van der Waals surface area contributed by atoms with E-state index in [0.29, 0.717) is 0 Å². The molecule has 0 aromatic carbocycles. The van der Waals surface area contributed by atoms with Crippen molar-refractivity contribution in [2.45, 2.75) is 64.7 Å². The van der Waals surface area contributed by atoms with Crippen molar-refractivity contribution in [3.63, 3.8) is 0 Å². The summed E-state index contributed by atoms with van der Waals surface area (Å²) in [5.74, 6) is -3.19. The molecular weight excluding hydrogens is 326 g/mol. The molecule has 0 saturated carbocycles. The zero-order chi connectivity index (χ0) is 19.1. The standard InChI is InChI=1S/C18H31NO6/c1-2-3-4-5-6-7-8-12-19(13-9-16(20)21,14-10-17(22)23)15-11-18(24)25/h8,12H,2-7,9-11,13-15H2,1H3,(H2-,20,21,22,23,24,25)/b12-8+. The van der Waals surface area contributed by atoms with Crippen LogP contribution in [0.15, 0.2) is 12.3 Å². The maximum Gasteiger partial charge on any atom is 0.309 e. The third-order valence-corrected chi connectivity index (χ3v) is 4.20. The van der Waals surface area contributed by atoms with E-state index in [1.54, 1.807) is 6.20 Å². The Labute approximate surface area is 149 Å². The first-order chi connectivity index (χ1) is 11.8. The number of hydrogen-bond donors (Lipinski definition) is 2. The molecule has 0 fully saturated rings. The monoisotopic (exact) mass is 357 g/mol. The lowest BCUT2D eigenvalue weighted by Gasteiger charge is -2.34. The number of carboxylic acid groups (broad SMARTS) is 3. The molecule has 0 spiro atoms. The van der Waals surface area contributed by atoms with Crippen LogP contribution in [0.2, 0.25) is 0 Å². The molecule has 0 aromatic heterocycles. The van der Waals surface area contributed by atoms with Crippen LogP contribution in [0.25, 0.3) is 0 Å². The van der Waals surface area contributed by atoms with Crippen molar-refractivity contribution >= 4 is 17.9 Å². The lowest BCUT2D eigenvalue weighted by Crippen LogP contribution is -2.48. The topological polar surface area (TPSA) is 115 Å². The van der Waals surface area contributed by atoms with Crippen molar-refractivity contribution in [1.82, 2.24) is 0 Å². The van der Waals surface area contributed by atoms with Gasteiger partial charge in [0.25, 0.3) is 0 Å². The van der Waals surface area contributed by atoms with E-state index in [4.69, 9.17) is 10.2 Å². The molecule has 0 aliphatic heterocycles. The van der Waals surface area contributed by atoms with Crippen LogP contribution in [0.3, 0.4) is 0 Å². The van der Waals surface area contributed by atoms with Gasteiger partial charge < -0.3 is 20.1 Å². The minimum Gasteiger partial charge on any atom is -0.550 e. The summed E-state index contributed by atoms with van der Waals surface area (Å²) in [6.45, 7) is 2.62. The number of carboxylic acids is 3. The second kappa shape index (κ2) is 13.4. The lowest BCUT2D eigenvalue weighted by molar-refractivity contribution is -0.878. The summed E-state index contributed by atoms with van der Waals surface area (Å²) in [6, 6.07) is 0. The summed E-state index contributed by atoms with van der Waals surface area (Å²) in [4.78, 5) is 32.7. The van der Waals surface area contributed by atoms with E-state index < -0.39 is 17.9 Å². The van der Waals surface area contributed by atoms with Gasteiger partial charge >= 0.3 is 11.9 Å². The van der Waals surface area contributed by atoms with E-state index in [1.165, 1.54) is 19.3 Å². The molecule has 0 aromatic rings. The third-order valence-electron chi connectivity index (χ3n) is 4.20. The number of nitrogens with zero attached hydrogens (tertiary/aromatic N) is 1. The summed E-state index contributed by atoms with van der Waals surface area (Å²) in [5, 5.41) is 28.7. The van der Waals surface area contributed by atoms with Gasteiger partial charge in [0.2, 0.25) is 0 Å². The van der Waals surface area contributed by atoms with Gasteiger partial charge in [0.15, 0.2) is 0 Å². The molecule has 0 heterocycles. The molecule has 0 unspecified atom stereocenters. The third kappa shape index (κ3) is 13.1. The molecule has 0 bridgehead atoms. The number of allylic oxidation sites excluding steroid dienone is 1. The molecule has 0 aliphatic rings. The Balaban J connectivity index is 4.89. The first kappa shape index (κ1) is 23.1. The molecule has 0 amide bonds. The SMILES string of the molecule is CCCCCCC/C=C/[N+](CCC(=O)[O-])(CCC(=O)O)CCC(=O)O. The van der Waals surface area contributed by atoms with Crippen LogP contribution >= 0.6 is 0 Å². The van der Waals surface area contributed by atoms with Gasteiger partial charge in [-0.15, -0.1) is 0 Å². The van der Waals surface area contributed by atoms with Crippen molar-refractivity contribution < 1.29 is 34.2 Å². The molecule has 7 nitrogen and oxygen atoms in total. The van der Waals surface area contributed by atoms with Crippen molar-refractivity contribution in [2.24, 2.45) is 0 Å². The molecule has 0 radical (unpaired) electrons. The summed E-state index contributed by atoms with van der Waals surface area (Å²) in [7, 11) is 0. The normalized spacial score (nSPS) is 11.7. The van der Waals surface area contributed by atoms with Crippen molar-refractivity contribution in [3.8, 4) is 0 Å². The molecular formula is C18H31NO6. The van der Waals surface area contributed by atoms with Crippen molar-refractivity contribution in [1.29, 1.82) is 0 Å². The quantitative estimate of drug-likeness (QED) is 0.321. The zero-order valence-corrected chi connectivity index (χ0v) is 15.1. The first-order valence-corrected chi connectivity index (χ1v) is 8.98. The highest BCUT2D eigenvalue weighted by Gasteiger charge is 2.26. The smallest absolute Gasteiger partial charge is 0.309 e. The molecule has 0 aliphatic carbocycles. The van der Waals surface area contributed by atoms with E-state index in [9.17, 15) is 19.5 Å². The van der Waals surface area contributed by atoms with E-state index in [2.05, 4.69) is 6.92 Å². The Hall–Kier alpha value is -1.89. The second-order valence-electron chi connectivity index (χ2n) is 6.39. The van der Waals surface area contributed by atoms with Crippen LogP contribution in [0, 0.1) is 0 Å². The largest absolute Gasteiger partial charge is 0.550 e. The van der Waals surface area contributed by atoms with E-state index in [0.717, 1.165) is 19.3 Å². The minimum absolute atomic E-state index is 0.0432. The Morgan fingerprint density at radius 2 is 1.40 bits per heavy atom. The van der Waals surface area contributed by atoms with Gasteiger partial charge in [0, 0.05) is 12.4 Å². The number of carbonyl (C=O) groups is 3. The number of unbranched alkanes of at least 4 members (excludes halogenated alkanes) is 5. The molecule has 2 N–H and O–H groups in total. The van der Waals surface area contributed by atoms with Crippen molar-refractivity contribution in [2.75, 3.05) is 19.6 Å². The fraction of sp³-hybridized carbons (Fsp3) is 0.722. The highest BCUT2D eigenvalue weighted by atomic mass is 16.4. The van der Waals surface area contributed by atoms with Crippen LogP contribution < -0.4 is 5.11 Å². The number of aliphatic carboxylic acids is 3. The number of carbonyl (C=O) groups excluding carboxylic acids is 1. The average molecular weight is 357 g/mol.